The molecule has 19 heavy (non-hydrogen) atoms. The minimum absolute atomic E-state index is 0.285. The number of H-pyrrole nitrogens is 1. The van der Waals surface area contributed by atoms with Crippen LogP contribution in [0.4, 0.5) is 4.39 Å². The lowest BCUT2D eigenvalue weighted by Gasteiger charge is -2.05. The third kappa shape index (κ3) is 2.45. The molecule has 0 unspecified atom stereocenters. The summed E-state index contributed by atoms with van der Waals surface area (Å²) in [5.74, 6) is 0.259. The predicted molar refractivity (Wildman–Crippen MR) is 73.8 cm³/mol. The van der Waals surface area contributed by atoms with E-state index in [1.54, 1.807) is 12.1 Å². The van der Waals surface area contributed by atoms with Crippen LogP contribution in [-0.2, 0) is 6.61 Å². The van der Waals surface area contributed by atoms with Crippen molar-refractivity contribution in [1.29, 1.82) is 0 Å². The third-order valence-electron chi connectivity index (χ3n) is 3.11. The summed E-state index contributed by atoms with van der Waals surface area (Å²) in [6.45, 7) is 2.48. The largest absolute Gasteiger partial charge is 0.489 e. The van der Waals surface area contributed by atoms with Crippen molar-refractivity contribution in [2.24, 2.45) is 0 Å². The van der Waals surface area contributed by atoms with E-state index >= 15 is 0 Å². The summed E-state index contributed by atoms with van der Waals surface area (Å²) in [6.07, 6.45) is 1.93. The van der Waals surface area contributed by atoms with Crippen molar-refractivity contribution in [3.8, 4) is 5.75 Å². The number of halogens is 1. The number of hydrogen-bond donors (Lipinski definition) is 1. The number of aromatic amines is 1. The molecule has 1 heterocycles. The lowest BCUT2D eigenvalue weighted by molar-refractivity contribution is 0.306. The fourth-order valence-corrected chi connectivity index (χ4v) is 2.13. The molecule has 3 aromatic rings. The van der Waals surface area contributed by atoms with Gasteiger partial charge in [-0.05, 0) is 31.2 Å². The van der Waals surface area contributed by atoms with Gasteiger partial charge >= 0.3 is 0 Å². The second-order valence-electron chi connectivity index (χ2n) is 4.61. The highest BCUT2D eigenvalue weighted by Crippen LogP contribution is 2.21. The summed E-state index contributed by atoms with van der Waals surface area (Å²) >= 11 is 0. The van der Waals surface area contributed by atoms with E-state index in [1.807, 2.05) is 6.20 Å². The number of hydrogen-bond acceptors (Lipinski definition) is 1. The zero-order chi connectivity index (χ0) is 13.2. The Hall–Kier alpha value is -2.29. The van der Waals surface area contributed by atoms with Crippen molar-refractivity contribution in [1.82, 2.24) is 4.98 Å². The summed E-state index contributed by atoms with van der Waals surface area (Å²) in [5.41, 5.74) is 3.37. The highest BCUT2D eigenvalue weighted by atomic mass is 19.1. The standard InChI is InChI=1S/C16H14FNO/c1-11-5-6-16-15(7-11)12(9-18-16)10-19-14-4-2-3-13(17)8-14/h2-9,18H,10H2,1H3. The predicted octanol–water partition coefficient (Wildman–Crippen LogP) is 4.19. The number of aromatic nitrogens is 1. The fraction of sp³-hybridized carbons (Fsp3) is 0.125. The molecule has 0 aliphatic heterocycles. The number of aryl methyl sites for hydroxylation is 1. The highest BCUT2D eigenvalue weighted by molar-refractivity contribution is 5.83. The second kappa shape index (κ2) is 4.76. The molecule has 0 bridgehead atoms. The maximum atomic E-state index is 13.1. The molecule has 0 spiro atoms. The summed E-state index contributed by atoms with van der Waals surface area (Å²) in [7, 11) is 0. The Morgan fingerprint density at radius 3 is 2.89 bits per heavy atom. The van der Waals surface area contributed by atoms with Crippen LogP contribution in [-0.4, -0.2) is 4.98 Å². The van der Waals surface area contributed by atoms with Crippen LogP contribution in [0.5, 0.6) is 5.75 Å². The van der Waals surface area contributed by atoms with E-state index in [0.29, 0.717) is 12.4 Å². The summed E-state index contributed by atoms with van der Waals surface area (Å²) < 4.78 is 18.7. The molecule has 0 saturated heterocycles. The van der Waals surface area contributed by atoms with Crippen LogP contribution in [0.25, 0.3) is 10.9 Å². The first-order chi connectivity index (χ1) is 9.22. The van der Waals surface area contributed by atoms with Crippen LogP contribution in [0.3, 0.4) is 0 Å². The van der Waals surface area contributed by atoms with Crippen molar-refractivity contribution in [2.75, 3.05) is 0 Å². The fourth-order valence-electron chi connectivity index (χ4n) is 2.13. The van der Waals surface area contributed by atoms with Gasteiger partial charge in [0.25, 0.3) is 0 Å². The zero-order valence-corrected chi connectivity index (χ0v) is 10.6. The van der Waals surface area contributed by atoms with Crippen LogP contribution in [0.1, 0.15) is 11.1 Å². The van der Waals surface area contributed by atoms with E-state index in [-0.39, 0.29) is 5.82 Å². The lowest BCUT2D eigenvalue weighted by Crippen LogP contribution is -1.94. The van der Waals surface area contributed by atoms with Crippen LogP contribution in [0, 0.1) is 12.7 Å². The van der Waals surface area contributed by atoms with Gasteiger partial charge in [0.05, 0.1) is 0 Å². The molecule has 2 aromatic carbocycles. The van der Waals surface area contributed by atoms with Gasteiger partial charge in [-0.3, -0.25) is 0 Å². The molecular weight excluding hydrogens is 241 g/mol. The summed E-state index contributed by atoms with van der Waals surface area (Å²) in [4.78, 5) is 3.21. The van der Waals surface area contributed by atoms with Crippen molar-refractivity contribution in [2.45, 2.75) is 13.5 Å². The molecule has 0 aliphatic carbocycles. The van der Waals surface area contributed by atoms with Crippen LogP contribution >= 0.6 is 0 Å². The average molecular weight is 255 g/mol. The Bertz CT molecular complexity index is 718. The average Bonchev–Trinajstić information content (AvgIpc) is 2.79. The van der Waals surface area contributed by atoms with E-state index in [2.05, 4.69) is 30.1 Å². The van der Waals surface area contributed by atoms with Gasteiger partial charge in [0.1, 0.15) is 18.2 Å². The Labute approximate surface area is 110 Å². The Balaban J connectivity index is 1.84. The van der Waals surface area contributed by atoms with Crippen molar-refractivity contribution < 1.29 is 9.13 Å². The second-order valence-corrected chi connectivity index (χ2v) is 4.61. The van der Waals surface area contributed by atoms with Gasteiger partial charge in [-0.15, -0.1) is 0 Å². The molecule has 0 amide bonds. The van der Waals surface area contributed by atoms with E-state index < -0.39 is 0 Å². The van der Waals surface area contributed by atoms with Crippen molar-refractivity contribution in [3.63, 3.8) is 0 Å². The Morgan fingerprint density at radius 1 is 1.16 bits per heavy atom. The van der Waals surface area contributed by atoms with Gasteiger partial charge < -0.3 is 9.72 Å². The molecule has 0 fully saturated rings. The molecule has 1 aromatic heterocycles. The molecule has 0 radical (unpaired) electrons. The number of nitrogens with one attached hydrogen (secondary N) is 1. The van der Waals surface area contributed by atoms with Gasteiger partial charge in [-0.2, -0.15) is 0 Å². The molecule has 96 valence electrons. The van der Waals surface area contributed by atoms with E-state index in [4.69, 9.17) is 4.74 Å². The maximum Gasteiger partial charge on any atom is 0.126 e. The lowest BCUT2D eigenvalue weighted by atomic mass is 10.1. The molecule has 0 saturated carbocycles. The summed E-state index contributed by atoms with van der Waals surface area (Å²) in [5, 5.41) is 1.15. The van der Waals surface area contributed by atoms with Crippen LogP contribution in [0.2, 0.25) is 0 Å². The zero-order valence-electron chi connectivity index (χ0n) is 10.6. The third-order valence-corrected chi connectivity index (χ3v) is 3.11. The minimum Gasteiger partial charge on any atom is -0.489 e. The van der Waals surface area contributed by atoms with Crippen molar-refractivity contribution in [3.05, 3.63) is 65.6 Å². The first-order valence-corrected chi connectivity index (χ1v) is 6.17. The number of benzene rings is 2. The van der Waals surface area contributed by atoms with Gasteiger partial charge in [0.15, 0.2) is 0 Å². The molecule has 0 aliphatic rings. The first kappa shape index (κ1) is 11.8. The van der Waals surface area contributed by atoms with Crippen LogP contribution < -0.4 is 4.74 Å². The molecule has 0 atom stereocenters. The number of rotatable bonds is 3. The number of fused-ring (bicyclic) bond motifs is 1. The van der Waals surface area contributed by atoms with Gasteiger partial charge in [-0.1, -0.05) is 17.7 Å². The van der Waals surface area contributed by atoms with Gasteiger partial charge in [-0.25, -0.2) is 4.39 Å². The van der Waals surface area contributed by atoms with Gasteiger partial charge in [0.2, 0.25) is 0 Å². The quantitative estimate of drug-likeness (QED) is 0.745. The minimum atomic E-state index is -0.285. The Morgan fingerprint density at radius 2 is 2.05 bits per heavy atom. The monoisotopic (exact) mass is 255 g/mol. The first-order valence-electron chi connectivity index (χ1n) is 6.17. The number of ether oxygens (including phenoxy) is 1. The molecule has 3 rings (SSSR count). The SMILES string of the molecule is Cc1ccc2[nH]cc(COc3cccc(F)c3)c2c1. The van der Waals surface area contributed by atoms with Crippen LogP contribution in [0.15, 0.2) is 48.7 Å². The van der Waals surface area contributed by atoms with E-state index in [9.17, 15) is 4.39 Å². The molecule has 1 N–H and O–H groups in total. The molecule has 2 nitrogen and oxygen atoms in total. The smallest absolute Gasteiger partial charge is 0.126 e. The normalized spacial score (nSPS) is 10.8. The van der Waals surface area contributed by atoms with Gasteiger partial charge in [0, 0.05) is 28.7 Å². The maximum absolute atomic E-state index is 13.1. The van der Waals surface area contributed by atoms with E-state index in [1.165, 1.54) is 17.7 Å². The Kier molecular flexibility index (Phi) is 2.95. The van der Waals surface area contributed by atoms with E-state index in [0.717, 1.165) is 16.5 Å². The molecule has 3 heteroatoms. The highest BCUT2D eigenvalue weighted by Gasteiger charge is 2.05. The summed E-state index contributed by atoms with van der Waals surface area (Å²) in [6, 6.07) is 12.4. The van der Waals surface area contributed by atoms with Crippen molar-refractivity contribution >= 4 is 10.9 Å². The topological polar surface area (TPSA) is 25.0 Å². The molecular formula is C16H14FNO.